The minimum atomic E-state index is -0.268. The lowest BCUT2D eigenvalue weighted by atomic mass is 10.0. The first-order chi connectivity index (χ1) is 10.3. The maximum Gasteiger partial charge on any atom is 0.338 e. The van der Waals surface area contributed by atoms with Gasteiger partial charge in [-0.1, -0.05) is 54.6 Å². The highest BCUT2D eigenvalue weighted by molar-refractivity contribution is 5.89. The summed E-state index contributed by atoms with van der Waals surface area (Å²) in [5, 5.41) is 0. The zero-order valence-electron chi connectivity index (χ0n) is 12.1. The highest BCUT2D eigenvalue weighted by Crippen LogP contribution is 2.13. The molecule has 0 bridgehead atoms. The number of aryl methyl sites for hydroxylation is 1. The van der Waals surface area contributed by atoms with Gasteiger partial charge in [-0.15, -0.1) is 6.58 Å². The number of hydrogen-bond acceptors (Lipinski definition) is 2. The molecule has 0 saturated carbocycles. The largest absolute Gasteiger partial charge is 0.458 e. The van der Waals surface area contributed by atoms with Gasteiger partial charge in [-0.25, -0.2) is 4.79 Å². The third kappa shape index (κ3) is 4.92. The Morgan fingerprint density at radius 1 is 1.05 bits per heavy atom. The van der Waals surface area contributed by atoms with Crippen molar-refractivity contribution >= 4 is 5.97 Å². The van der Waals surface area contributed by atoms with E-state index in [1.807, 2.05) is 36.4 Å². The second kappa shape index (κ2) is 8.05. The Bertz CT molecular complexity index is 561. The third-order valence-electron chi connectivity index (χ3n) is 3.31. The molecule has 1 unspecified atom stereocenters. The molecule has 2 aromatic rings. The SMILES string of the molecule is C=CCC(CCc1ccccc1)OC(=O)c1ccccc1. The van der Waals surface area contributed by atoms with E-state index >= 15 is 0 Å². The monoisotopic (exact) mass is 280 g/mol. The van der Waals surface area contributed by atoms with Crippen molar-refractivity contribution < 1.29 is 9.53 Å². The zero-order valence-corrected chi connectivity index (χ0v) is 12.1. The molecule has 2 heteroatoms. The Morgan fingerprint density at radius 2 is 1.67 bits per heavy atom. The molecule has 2 nitrogen and oxygen atoms in total. The van der Waals surface area contributed by atoms with Crippen molar-refractivity contribution in [2.45, 2.75) is 25.4 Å². The number of carbonyl (C=O) groups is 1. The smallest absolute Gasteiger partial charge is 0.338 e. The maximum absolute atomic E-state index is 12.1. The molecule has 2 aromatic carbocycles. The Kier molecular flexibility index (Phi) is 5.77. The van der Waals surface area contributed by atoms with E-state index in [9.17, 15) is 4.79 Å². The van der Waals surface area contributed by atoms with Crippen LogP contribution in [0.1, 0.15) is 28.8 Å². The van der Waals surface area contributed by atoms with Gasteiger partial charge >= 0.3 is 5.97 Å². The molecule has 0 aromatic heterocycles. The van der Waals surface area contributed by atoms with Gasteiger partial charge < -0.3 is 4.74 Å². The van der Waals surface area contributed by atoms with Crippen molar-refractivity contribution in [2.24, 2.45) is 0 Å². The molecular formula is C19H20O2. The highest BCUT2D eigenvalue weighted by Gasteiger charge is 2.14. The molecule has 21 heavy (non-hydrogen) atoms. The summed E-state index contributed by atoms with van der Waals surface area (Å²) >= 11 is 0. The quantitative estimate of drug-likeness (QED) is 0.554. The first kappa shape index (κ1) is 15.0. The second-order valence-corrected chi connectivity index (χ2v) is 4.94. The summed E-state index contributed by atoms with van der Waals surface area (Å²) in [6.45, 7) is 3.74. The number of ether oxygens (including phenoxy) is 1. The fourth-order valence-corrected chi connectivity index (χ4v) is 2.18. The van der Waals surface area contributed by atoms with Gasteiger partial charge in [-0.3, -0.25) is 0 Å². The van der Waals surface area contributed by atoms with Crippen LogP contribution in [0.25, 0.3) is 0 Å². The normalized spacial score (nSPS) is 11.6. The molecule has 0 radical (unpaired) electrons. The molecule has 108 valence electrons. The molecule has 0 heterocycles. The summed E-state index contributed by atoms with van der Waals surface area (Å²) in [7, 11) is 0. The molecule has 0 amide bonds. The van der Waals surface area contributed by atoms with Crippen molar-refractivity contribution in [1.82, 2.24) is 0 Å². The zero-order chi connectivity index (χ0) is 14.9. The summed E-state index contributed by atoms with van der Waals surface area (Å²) in [5.41, 5.74) is 1.84. The fraction of sp³-hybridized carbons (Fsp3) is 0.211. The lowest BCUT2D eigenvalue weighted by molar-refractivity contribution is 0.0290. The van der Waals surface area contributed by atoms with Gasteiger partial charge in [0.25, 0.3) is 0 Å². The summed E-state index contributed by atoms with van der Waals surface area (Å²) in [6.07, 6.45) is 4.03. The van der Waals surface area contributed by atoms with Gasteiger partial charge in [0.1, 0.15) is 6.10 Å². The van der Waals surface area contributed by atoms with Crippen LogP contribution in [-0.2, 0) is 11.2 Å². The predicted octanol–water partition coefficient (Wildman–Crippen LogP) is 4.42. The maximum atomic E-state index is 12.1. The number of carbonyl (C=O) groups excluding carboxylic acids is 1. The molecule has 0 saturated heterocycles. The Morgan fingerprint density at radius 3 is 2.29 bits per heavy atom. The van der Waals surface area contributed by atoms with Crippen LogP contribution in [0.5, 0.6) is 0 Å². The minimum Gasteiger partial charge on any atom is -0.458 e. The van der Waals surface area contributed by atoms with Gasteiger partial charge in [-0.2, -0.15) is 0 Å². The Hall–Kier alpha value is -2.35. The number of benzene rings is 2. The van der Waals surface area contributed by atoms with E-state index in [1.165, 1.54) is 5.56 Å². The standard InChI is InChI=1S/C19H20O2/c1-2-9-18(15-14-16-10-5-3-6-11-16)21-19(20)17-12-7-4-8-13-17/h2-8,10-13,18H,1,9,14-15H2. The van der Waals surface area contributed by atoms with Crippen LogP contribution in [0.3, 0.4) is 0 Å². The molecule has 2 rings (SSSR count). The summed E-state index contributed by atoms with van der Waals surface area (Å²) in [4.78, 5) is 12.1. The molecule has 0 aliphatic rings. The van der Waals surface area contributed by atoms with Crippen LogP contribution >= 0.6 is 0 Å². The first-order valence-corrected chi connectivity index (χ1v) is 7.20. The summed E-state index contributed by atoms with van der Waals surface area (Å²) in [5.74, 6) is -0.268. The molecule has 0 spiro atoms. The number of rotatable bonds is 7. The van der Waals surface area contributed by atoms with Crippen molar-refractivity contribution in [3.05, 3.63) is 84.4 Å². The Labute approximate surface area is 126 Å². The van der Waals surface area contributed by atoms with Gasteiger partial charge in [0.15, 0.2) is 0 Å². The number of esters is 1. The van der Waals surface area contributed by atoms with E-state index < -0.39 is 0 Å². The van der Waals surface area contributed by atoms with Crippen LogP contribution in [-0.4, -0.2) is 12.1 Å². The van der Waals surface area contributed by atoms with Crippen molar-refractivity contribution in [1.29, 1.82) is 0 Å². The van der Waals surface area contributed by atoms with E-state index in [-0.39, 0.29) is 12.1 Å². The van der Waals surface area contributed by atoms with Crippen LogP contribution < -0.4 is 0 Å². The summed E-state index contributed by atoms with van der Waals surface area (Å²) < 4.78 is 5.59. The van der Waals surface area contributed by atoms with Crippen molar-refractivity contribution in [3.8, 4) is 0 Å². The van der Waals surface area contributed by atoms with Gasteiger partial charge in [0, 0.05) is 6.42 Å². The van der Waals surface area contributed by atoms with E-state index in [4.69, 9.17) is 4.74 Å². The highest BCUT2D eigenvalue weighted by atomic mass is 16.5. The van der Waals surface area contributed by atoms with E-state index in [1.54, 1.807) is 18.2 Å². The van der Waals surface area contributed by atoms with Gasteiger partial charge in [-0.05, 0) is 30.5 Å². The average molecular weight is 280 g/mol. The van der Waals surface area contributed by atoms with Gasteiger partial charge in [0.05, 0.1) is 5.56 Å². The van der Waals surface area contributed by atoms with E-state index in [0.717, 1.165) is 12.8 Å². The topological polar surface area (TPSA) is 26.3 Å². The predicted molar refractivity (Wildman–Crippen MR) is 85.2 cm³/mol. The Balaban J connectivity index is 1.92. The second-order valence-electron chi connectivity index (χ2n) is 4.94. The number of hydrogen-bond donors (Lipinski definition) is 0. The molecular weight excluding hydrogens is 260 g/mol. The first-order valence-electron chi connectivity index (χ1n) is 7.20. The molecule has 0 aliphatic carbocycles. The summed E-state index contributed by atoms with van der Waals surface area (Å²) in [6, 6.07) is 19.3. The van der Waals surface area contributed by atoms with E-state index in [0.29, 0.717) is 12.0 Å². The minimum absolute atomic E-state index is 0.129. The van der Waals surface area contributed by atoms with Crippen LogP contribution in [0, 0.1) is 0 Å². The average Bonchev–Trinajstić information content (AvgIpc) is 2.54. The van der Waals surface area contributed by atoms with Crippen LogP contribution in [0.4, 0.5) is 0 Å². The van der Waals surface area contributed by atoms with Gasteiger partial charge in [0.2, 0.25) is 0 Å². The lowest BCUT2D eigenvalue weighted by Crippen LogP contribution is -2.18. The van der Waals surface area contributed by atoms with Crippen LogP contribution in [0.2, 0.25) is 0 Å². The van der Waals surface area contributed by atoms with Crippen LogP contribution in [0.15, 0.2) is 73.3 Å². The molecule has 0 fully saturated rings. The fourth-order valence-electron chi connectivity index (χ4n) is 2.18. The molecule has 0 aliphatic heterocycles. The van der Waals surface area contributed by atoms with E-state index in [2.05, 4.69) is 18.7 Å². The van der Waals surface area contributed by atoms with Crippen molar-refractivity contribution in [2.75, 3.05) is 0 Å². The lowest BCUT2D eigenvalue weighted by Gasteiger charge is -2.16. The molecule has 1 atom stereocenters. The third-order valence-corrected chi connectivity index (χ3v) is 3.31. The van der Waals surface area contributed by atoms with Crippen molar-refractivity contribution in [3.63, 3.8) is 0 Å². The molecule has 0 N–H and O–H groups in total.